The molecule has 0 radical (unpaired) electrons. The number of carbonyl (C=O) groups excluding carboxylic acids is 1. The number of benzene rings is 4. The fourth-order valence-electron chi connectivity index (χ4n) is 5.82. The number of carboxylic acid groups (broad SMARTS) is 1. The fraction of sp³-hybridized carbons (Fsp3) is 0.270. The van der Waals surface area contributed by atoms with Crippen molar-refractivity contribution in [3.63, 3.8) is 0 Å². The van der Waals surface area contributed by atoms with Crippen molar-refractivity contribution < 1.29 is 24.2 Å². The van der Waals surface area contributed by atoms with Gasteiger partial charge in [0.15, 0.2) is 0 Å². The molecule has 4 N–H and O–H groups in total. The molecule has 9 heteroatoms. The molecule has 1 fully saturated rings. The van der Waals surface area contributed by atoms with Gasteiger partial charge in [-0.15, -0.1) is 0 Å². The minimum Gasteiger partial charge on any atom is -0.491 e. The number of nitriles is 1. The average molecular weight is 619 g/mol. The van der Waals surface area contributed by atoms with E-state index < -0.39 is 24.0 Å². The van der Waals surface area contributed by atoms with Crippen molar-refractivity contribution in [2.45, 2.75) is 43.9 Å². The largest absolute Gasteiger partial charge is 0.491 e. The lowest BCUT2D eigenvalue weighted by molar-refractivity contribution is -0.118. The molecule has 0 aliphatic carbocycles. The number of para-hydroxylation sites is 1. The van der Waals surface area contributed by atoms with E-state index in [0.29, 0.717) is 43.8 Å². The van der Waals surface area contributed by atoms with Gasteiger partial charge in [-0.3, -0.25) is 4.79 Å². The average Bonchev–Trinajstić information content (AvgIpc) is 3.08. The van der Waals surface area contributed by atoms with Crippen molar-refractivity contribution in [1.29, 1.82) is 5.26 Å². The summed E-state index contributed by atoms with van der Waals surface area (Å²) in [6.45, 7) is 3.66. The van der Waals surface area contributed by atoms with E-state index in [0.717, 1.165) is 28.0 Å². The molecule has 1 aliphatic heterocycles. The first-order chi connectivity index (χ1) is 22.4. The lowest BCUT2D eigenvalue weighted by Gasteiger charge is -2.31. The van der Waals surface area contributed by atoms with Crippen LogP contribution in [0.1, 0.15) is 40.2 Å². The van der Waals surface area contributed by atoms with E-state index in [4.69, 9.17) is 14.7 Å². The van der Waals surface area contributed by atoms with E-state index in [9.17, 15) is 14.7 Å². The quantitative estimate of drug-likeness (QED) is 0.162. The number of anilines is 1. The minimum absolute atomic E-state index is 0.0601. The molecule has 5 rings (SSSR count). The standard InChI is InChI=1S/C37H38N4O5/c1-25-20-26(21-38)16-19-33(25)45-24-31-23-39-22-30(46-31)18-17-27-10-8-9-15-32(27)40-36(42)35(41-37(43)44)34(28-11-4-2-5-12-28)29-13-6-3-7-14-29/h2-16,19-20,30-31,34-35,39,41H,17-18,22-24H2,1H3,(H,40,42)(H,43,44)/t30-,31+,35+/m1/s1. The SMILES string of the molecule is Cc1cc(C#N)ccc1OC[C@@H]1CNC[C@@H](CCc2ccccc2NC(=O)[C@@H](NC(=O)O)C(c2ccccc2)c2ccccc2)O1. The summed E-state index contributed by atoms with van der Waals surface area (Å²) < 4.78 is 12.4. The van der Waals surface area contributed by atoms with Crippen LogP contribution in [0, 0.1) is 18.3 Å². The summed E-state index contributed by atoms with van der Waals surface area (Å²) in [5.41, 5.74) is 4.70. The van der Waals surface area contributed by atoms with Crippen LogP contribution in [0.5, 0.6) is 5.75 Å². The van der Waals surface area contributed by atoms with Crippen LogP contribution in [0.4, 0.5) is 10.5 Å². The van der Waals surface area contributed by atoms with Gasteiger partial charge < -0.3 is 30.5 Å². The number of ether oxygens (including phenoxy) is 2. The summed E-state index contributed by atoms with van der Waals surface area (Å²) in [4.78, 5) is 25.8. The van der Waals surface area contributed by atoms with Crippen molar-refractivity contribution in [1.82, 2.24) is 10.6 Å². The summed E-state index contributed by atoms with van der Waals surface area (Å²) >= 11 is 0. The van der Waals surface area contributed by atoms with Crippen LogP contribution in [-0.4, -0.2) is 55.1 Å². The Hall–Kier alpha value is -5.17. The van der Waals surface area contributed by atoms with E-state index in [2.05, 4.69) is 22.0 Å². The highest BCUT2D eigenvalue weighted by Gasteiger charge is 2.33. The number of hydrogen-bond donors (Lipinski definition) is 4. The Morgan fingerprint density at radius 2 is 1.61 bits per heavy atom. The minimum atomic E-state index is -1.28. The van der Waals surface area contributed by atoms with Crippen molar-refractivity contribution in [2.75, 3.05) is 25.0 Å². The second-order valence-corrected chi connectivity index (χ2v) is 11.4. The first kappa shape index (κ1) is 32.2. The maximum absolute atomic E-state index is 13.9. The van der Waals surface area contributed by atoms with Gasteiger partial charge in [0.25, 0.3) is 0 Å². The second-order valence-electron chi connectivity index (χ2n) is 11.4. The van der Waals surface area contributed by atoms with Crippen LogP contribution in [0.25, 0.3) is 0 Å². The van der Waals surface area contributed by atoms with Gasteiger partial charge in [0.05, 0.1) is 17.7 Å². The van der Waals surface area contributed by atoms with Gasteiger partial charge in [0.1, 0.15) is 24.5 Å². The molecule has 236 valence electrons. The number of carbonyl (C=O) groups is 2. The lowest BCUT2D eigenvalue weighted by Crippen LogP contribution is -2.47. The molecule has 0 spiro atoms. The highest BCUT2D eigenvalue weighted by atomic mass is 16.5. The van der Waals surface area contributed by atoms with Crippen LogP contribution in [0.15, 0.2) is 103 Å². The van der Waals surface area contributed by atoms with E-state index in [-0.39, 0.29) is 12.2 Å². The first-order valence-corrected chi connectivity index (χ1v) is 15.4. The Bertz CT molecular complexity index is 1620. The van der Waals surface area contributed by atoms with E-state index >= 15 is 0 Å². The monoisotopic (exact) mass is 618 g/mol. The Balaban J connectivity index is 1.25. The van der Waals surface area contributed by atoms with Crippen molar-refractivity contribution in [3.8, 4) is 11.8 Å². The molecule has 0 aromatic heterocycles. The van der Waals surface area contributed by atoms with Crippen LogP contribution >= 0.6 is 0 Å². The number of nitrogens with zero attached hydrogens (tertiary/aromatic N) is 1. The number of rotatable bonds is 12. The topological polar surface area (TPSA) is 133 Å². The molecule has 1 aliphatic rings. The normalized spacial score (nSPS) is 16.6. The van der Waals surface area contributed by atoms with Gasteiger partial charge in [-0.1, -0.05) is 78.9 Å². The zero-order valence-corrected chi connectivity index (χ0v) is 25.7. The number of nitrogens with one attached hydrogen (secondary N) is 3. The molecular weight excluding hydrogens is 580 g/mol. The molecule has 3 atom stereocenters. The van der Waals surface area contributed by atoms with Crippen LogP contribution < -0.4 is 20.7 Å². The van der Waals surface area contributed by atoms with Crippen molar-refractivity contribution >= 4 is 17.7 Å². The summed E-state index contributed by atoms with van der Waals surface area (Å²) in [7, 11) is 0. The second kappa shape index (κ2) is 15.7. The van der Waals surface area contributed by atoms with Crippen LogP contribution in [-0.2, 0) is 16.0 Å². The molecule has 0 unspecified atom stereocenters. The predicted molar refractivity (Wildman–Crippen MR) is 176 cm³/mol. The third-order valence-electron chi connectivity index (χ3n) is 8.08. The zero-order chi connectivity index (χ0) is 32.3. The summed E-state index contributed by atoms with van der Waals surface area (Å²) in [5, 5.41) is 27.8. The summed E-state index contributed by atoms with van der Waals surface area (Å²) in [6.07, 6.45) is -0.127. The van der Waals surface area contributed by atoms with Gasteiger partial charge in [-0.05, 0) is 66.3 Å². The maximum Gasteiger partial charge on any atom is 0.405 e. The lowest BCUT2D eigenvalue weighted by atomic mass is 9.84. The highest BCUT2D eigenvalue weighted by molar-refractivity contribution is 5.98. The first-order valence-electron chi connectivity index (χ1n) is 15.4. The number of aryl methyl sites for hydroxylation is 2. The van der Waals surface area contributed by atoms with Crippen LogP contribution in [0.3, 0.4) is 0 Å². The van der Waals surface area contributed by atoms with Crippen LogP contribution in [0.2, 0.25) is 0 Å². The molecule has 1 heterocycles. The molecular formula is C37H38N4O5. The van der Waals surface area contributed by atoms with Gasteiger partial charge in [-0.25, -0.2) is 4.79 Å². The molecule has 4 aromatic carbocycles. The molecule has 2 amide bonds. The highest BCUT2D eigenvalue weighted by Crippen LogP contribution is 2.30. The van der Waals surface area contributed by atoms with Gasteiger partial charge in [0, 0.05) is 24.7 Å². The van der Waals surface area contributed by atoms with E-state index in [1.54, 1.807) is 12.1 Å². The maximum atomic E-state index is 13.9. The zero-order valence-electron chi connectivity index (χ0n) is 25.7. The third-order valence-corrected chi connectivity index (χ3v) is 8.08. The number of morpholine rings is 1. The number of hydrogen-bond acceptors (Lipinski definition) is 6. The van der Waals surface area contributed by atoms with E-state index in [1.165, 1.54) is 0 Å². The molecule has 1 saturated heterocycles. The Kier molecular flexibility index (Phi) is 11.0. The molecule has 46 heavy (non-hydrogen) atoms. The summed E-state index contributed by atoms with van der Waals surface area (Å²) in [5.74, 6) is -0.259. The molecule has 9 nitrogen and oxygen atoms in total. The van der Waals surface area contributed by atoms with Crippen molar-refractivity contribution in [2.24, 2.45) is 0 Å². The summed E-state index contributed by atoms with van der Waals surface area (Å²) in [6, 6.07) is 32.9. The smallest absolute Gasteiger partial charge is 0.405 e. The van der Waals surface area contributed by atoms with Crippen molar-refractivity contribution in [3.05, 3.63) is 131 Å². The number of amides is 2. The Labute approximate surface area is 269 Å². The van der Waals surface area contributed by atoms with Gasteiger partial charge in [-0.2, -0.15) is 5.26 Å². The third kappa shape index (κ3) is 8.51. The van der Waals surface area contributed by atoms with Gasteiger partial charge >= 0.3 is 6.09 Å². The predicted octanol–water partition coefficient (Wildman–Crippen LogP) is 5.64. The molecule has 0 bridgehead atoms. The molecule has 4 aromatic rings. The Morgan fingerprint density at radius 1 is 0.957 bits per heavy atom. The van der Waals surface area contributed by atoms with E-state index in [1.807, 2.05) is 97.9 Å². The Morgan fingerprint density at radius 3 is 2.26 bits per heavy atom. The molecule has 0 saturated carbocycles. The van der Waals surface area contributed by atoms with Gasteiger partial charge in [0.2, 0.25) is 5.91 Å². The fourth-order valence-corrected chi connectivity index (χ4v) is 5.82.